The monoisotopic (exact) mass is 362 g/mol. The minimum atomic E-state index is 0.722. The minimum Gasteiger partial charge on any atom is -0.399 e. The van der Waals surface area contributed by atoms with Crippen molar-refractivity contribution >= 4 is 40.2 Å². The summed E-state index contributed by atoms with van der Waals surface area (Å²) in [6.07, 6.45) is 3.49. The SMILES string of the molecule is CNSc1cccc(Nc2ncnc3[nH]cc(-c4cccc(N)c4)c23)c1. The third-order valence-electron chi connectivity index (χ3n) is 3.98. The predicted octanol–water partition coefficient (Wildman–Crippen LogP) is 4.18. The van der Waals surface area contributed by atoms with E-state index in [2.05, 4.69) is 37.1 Å². The van der Waals surface area contributed by atoms with Gasteiger partial charge in [0, 0.05) is 28.0 Å². The van der Waals surface area contributed by atoms with Crippen molar-refractivity contribution in [3.8, 4) is 11.1 Å². The van der Waals surface area contributed by atoms with E-state index in [9.17, 15) is 0 Å². The Morgan fingerprint density at radius 1 is 1.08 bits per heavy atom. The number of hydrogen-bond acceptors (Lipinski definition) is 6. The Bertz CT molecular complexity index is 1060. The molecule has 0 atom stereocenters. The van der Waals surface area contributed by atoms with Gasteiger partial charge in [-0.2, -0.15) is 0 Å². The molecule has 0 saturated carbocycles. The maximum absolute atomic E-state index is 5.95. The number of nitrogens with two attached hydrogens (primary N) is 1. The minimum absolute atomic E-state index is 0.722. The summed E-state index contributed by atoms with van der Waals surface area (Å²) in [6, 6.07) is 15.9. The van der Waals surface area contributed by atoms with Crippen LogP contribution in [-0.2, 0) is 0 Å². The molecule has 5 N–H and O–H groups in total. The van der Waals surface area contributed by atoms with Crippen LogP contribution in [0.4, 0.5) is 17.2 Å². The Balaban J connectivity index is 1.78. The number of H-pyrrole nitrogens is 1. The Labute approximate surface area is 155 Å². The number of aromatic amines is 1. The predicted molar refractivity (Wildman–Crippen MR) is 108 cm³/mol. The normalized spacial score (nSPS) is 11.0. The van der Waals surface area contributed by atoms with Gasteiger partial charge in [-0.25, -0.2) is 9.97 Å². The molecule has 4 rings (SSSR count). The average molecular weight is 362 g/mol. The summed E-state index contributed by atoms with van der Waals surface area (Å²) in [7, 11) is 1.90. The fraction of sp³-hybridized carbons (Fsp3) is 0.0526. The van der Waals surface area contributed by atoms with Gasteiger partial charge in [-0.1, -0.05) is 18.2 Å². The molecule has 4 aromatic rings. The quantitative estimate of drug-likeness (QED) is 0.314. The number of fused-ring (bicyclic) bond motifs is 1. The Morgan fingerprint density at radius 3 is 2.81 bits per heavy atom. The Morgan fingerprint density at radius 2 is 1.96 bits per heavy atom. The van der Waals surface area contributed by atoms with Gasteiger partial charge in [0.1, 0.15) is 17.8 Å². The van der Waals surface area contributed by atoms with E-state index in [0.29, 0.717) is 0 Å². The van der Waals surface area contributed by atoms with Crippen molar-refractivity contribution in [3.05, 3.63) is 61.1 Å². The largest absolute Gasteiger partial charge is 0.399 e. The number of rotatable bonds is 5. The zero-order valence-electron chi connectivity index (χ0n) is 14.2. The van der Waals surface area contributed by atoms with Gasteiger partial charge in [-0.05, 0) is 54.9 Å². The number of aromatic nitrogens is 3. The van der Waals surface area contributed by atoms with E-state index >= 15 is 0 Å². The molecule has 0 aliphatic rings. The Hall–Kier alpha value is -3.03. The number of nitrogen functional groups attached to an aromatic ring is 1. The summed E-state index contributed by atoms with van der Waals surface area (Å²) in [4.78, 5) is 13.1. The summed E-state index contributed by atoms with van der Waals surface area (Å²) in [6.45, 7) is 0. The highest BCUT2D eigenvalue weighted by Gasteiger charge is 2.13. The van der Waals surface area contributed by atoms with Gasteiger partial charge in [0.25, 0.3) is 0 Å². The van der Waals surface area contributed by atoms with E-state index < -0.39 is 0 Å². The van der Waals surface area contributed by atoms with Gasteiger partial charge in [-0.3, -0.25) is 4.72 Å². The molecule has 2 heterocycles. The summed E-state index contributed by atoms with van der Waals surface area (Å²) in [5.74, 6) is 0.750. The lowest BCUT2D eigenvalue weighted by Crippen LogP contribution is -1.97. The van der Waals surface area contributed by atoms with Crippen LogP contribution in [0.15, 0.2) is 66.0 Å². The molecule has 0 aliphatic heterocycles. The van der Waals surface area contributed by atoms with E-state index in [4.69, 9.17) is 5.73 Å². The summed E-state index contributed by atoms with van der Waals surface area (Å²) in [5.41, 5.74) is 10.4. The third kappa shape index (κ3) is 3.22. The highest BCUT2D eigenvalue weighted by Crippen LogP contribution is 2.34. The topological polar surface area (TPSA) is 91.6 Å². The summed E-state index contributed by atoms with van der Waals surface area (Å²) >= 11 is 1.56. The van der Waals surface area contributed by atoms with Crippen LogP contribution in [0.5, 0.6) is 0 Å². The molecular weight excluding hydrogens is 344 g/mol. The van der Waals surface area contributed by atoms with Crippen molar-refractivity contribution in [2.75, 3.05) is 18.1 Å². The Kier molecular flexibility index (Phi) is 4.47. The summed E-state index contributed by atoms with van der Waals surface area (Å²) in [5, 5.41) is 4.35. The van der Waals surface area contributed by atoms with Crippen LogP contribution in [0.2, 0.25) is 0 Å². The molecule has 0 spiro atoms. The number of hydrogen-bond donors (Lipinski definition) is 4. The molecule has 0 saturated heterocycles. The summed E-state index contributed by atoms with van der Waals surface area (Å²) < 4.78 is 3.08. The lowest BCUT2D eigenvalue weighted by atomic mass is 10.1. The first-order valence-corrected chi connectivity index (χ1v) is 8.95. The van der Waals surface area contributed by atoms with Crippen molar-refractivity contribution in [2.45, 2.75) is 4.90 Å². The van der Waals surface area contributed by atoms with E-state index in [-0.39, 0.29) is 0 Å². The second-order valence-corrected chi connectivity index (χ2v) is 6.82. The second-order valence-electron chi connectivity index (χ2n) is 5.73. The van der Waals surface area contributed by atoms with Crippen LogP contribution in [-0.4, -0.2) is 22.0 Å². The van der Waals surface area contributed by atoms with Crippen molar-refractivity contribution in [1.82, 2.24) is 19.7 Å². The molecule has 0 radical (unpaired) electrons. The molecule has 0 amide bonds. The van der Waals surface area contributed by atoms with E-state index in [1.165, 1.54) is 0 Å². The van der Waals surface area contributed by atoms with Crippen LogP contribution in [0.3, 0.4) is 0 Å². The van der Waals surface area contributed by atoms with Crippen LogP contribution >= 0.6 is 11.9 Å². The molecule has 0 bridgehead atoms. The van der Waals surface area contributed by atoms with Crippen LogP contribution in [0, 0.1) is 0 Å². The van der Waals surface area contributed by atoms with Crippen molar-refractivity contribution in [3.63, 3.8) is 0 Å². The molecule has 7 heteroatoms. The van der Waals surface area contributed by atoms with Crippen molar-refractivity contribution < 1.29 is 0 Å². The van der Waals surface area contributed by atoms with Crippen LogP contribution in [0.25, 0.3) is 22.2 Å². The molecule has 26 heavy (non-hydrogen) atoms. The lowest BCUT2D eigenvalue weighted by molar-refractivity contribution is 1.20. The second kappa shape index (κ2) is 7.07. The molecule has 6 nitrogen and oxygen atoms in total. The fourth-order valence-electron chi connectivity index (χ4n) is 2.88. The standard InChI is InChI=1S/C19H18N6S/c1-21-26-15-7-3-6-14(9-15)25-19-17-16(10-22-18(17)23-11-24-19)12-4-2-5-13(20)8-12/h2-11,21H,20H2,1H3,(H2,22,23,24,25). The zero-order valence-corrected chi connectivity index (χ0v) is 15.0. The van der Waals surface area contributed by atoms with Gasteiger partial charge in [0.15, 0.2) is 0 Å². The first-order valence-electron chi connectivity index (χ1n) is 8.13. The molecule has 2 aromatic carbocycles. The lowest BCUT2D eigenvalue weighted by Gasteiger charge is -2.10. The molecule has 0 aliphatic carbocycles. The van der Waals surface area contributed by atoms with Crippen LogP contribution < -0.4 is 15.8 Å². The van der Waals surface area contributed by atoms with Gasteiger partial charge < -0.3 is 16.0 Å². The number of nitrogens with zero attached hydrogens (tertiary/aromatic N) is 2. The van der Waals surface area contributed by atoms with Crippen molar-refractivity contribution in [1.29, 1.82) is 0 Å². The van der Waals surface area contributed by atoms with Crippen LogP contribution in [0.1, 0.15) is 0 Å². The molecule has 130 valence electrons. The van der Waals surface area contributed by atoms with Gasteiger partial charge in [0.2, 0.25) is 0 Å². The molecule has 0 fully saturated rings. The first kappa shape index (κ1) is 16.4. The molecule has 0 unspecified atom stereocenters. The van der Waals surface area contributed by atoms with Gasteiger partial charge >= 0.3 is 0 Å². The van der Waals surface area contributed by atoms with E-state index in [0.717, 1.165) is 44.2 Å². The maximum atomic E-state index is 5.95. The van der Waals surface area contributed by atoms with E-state index in [1.807, 2.05) is 49.6 Å². The fourth-order valence-corrected chi connectivity index (χ4v) is 3.45. The number of benzene rings is 2. The van der Waals surface area contributed by atoms with Crippen molar-refractivity contribution in [2.24, 2.45) is 0 Å². The third-order valence-corrected chi connectivity index (χ3v) is 4.68. The zero-order chi connectivity index (χ0) is 17.9. The smallest absolute Gasteiger partial charge is 0.143 e. The highest BCUT2D eigenvalue weighted by atomic mass is 32.2. The molecule has 2 aromatic heterocycles. The number of nitrogens with one attached hydrogen (secondary N) is 3. The van der Waals surface area contributed by atoms with Gasteiger partial charge in [0.05, 0.1) is 5.39 Å². The molecular formula is C19H18N6S. The average Bonchev–Trinajstić information content (AvgIpc) is 3.08. The van der Waals surface area contributed by atoms with Gasteiger partial charge in [-0.15, -0.1) is 0 Å². The van der Waals surface area contributed by atoms with E-state index in [1.54, 1.807) is 18.3 Å². The highest BCUT2D eigenvalue weighted by molar-refractivity contribution is 7.97. The first-order chi connectivity index (χ1) is 12.7. The maximum Gasteiger partial charge on any atom is 0.143 e. The number of anilines is 3.